The van der Waals surface area contributed by atoms with Crippen molar-refractivity contribution in [3.8, 4) is 0 Å². The van der Waals surface area contributed by atoms with E-state index in [-0.39, 0.29) is 0 Å². The van der Waals surface area contributed by atoms with Gasteiger partial charge in [-0.2, -0.15) is 0 Å². The molecule has 2 nitrogen and oxygen atoms in total. The average Bonchev–Trinajstić information content (AvgIpc) is 2.19. The Morgan fingerprint density at radius 3 is 2.71 bits per heavy atom. The van der Waals surface area contributed by atoms with Gasteiger partial charge in [0.1, 0.15) is 0 Å². The standard InChI is InChI=1S/C11H17BrN2/c1-3-14(9(2)8-13)11-6-4-5-10(12)7-11/h4-7,9H,3,8,13H2,1-2H3. The van der Waals surface area contributed by atoms with E-state index in [9.17, 15) is 0 Å². The van der Waals surface area contributed by atoms with E-state index in [1.165, 1.54) is 5.69 Å². The van der Waals surface area contributed by atoms with Crippen LogP contribution in [0.2, 0.25) is 0 Å². The Hall–Kier alpha value is -0.540. The first-order valence-electron chi connectivity index (χ1n) is 4.91. The molecule has 0 aliphatic rings. The summed E-state index contributed by atoms with van der Waals surface area (Å²) in [6.45, 7) is 5.95. The Kier molecular flexibility index (Phi) is 4.42. The van der Waals surface area contributed by atoms with Gasteiger partial charge >= 0.3 is 0 Å². The summed E-state index contributed by atoms with van der Waals surface area (Å²) < 4.78 is 1.11. The van der Waals surface area contributed by atoms with Crippen LogP contribution < -0.4 is 10.6 Å². The lowest BCUT2D eigenvalue weighted by Crippen LogP contribution is -2.38. The fourth-order valence-electron chi connectivity index (χ4n) is 1.53. The Bertz CT molecular complexity index is 288. The highest BCUT2D eigenvalue weighted by Gasteiger charge is 2.10. The van der Waals surface area contributed by atoms with Gasteiger partial charge in [0, 0.05) is 29.3 Å². The minimum atomic E-state index is 0.384. The van der Waals surface area contributed by atoms with Gasteiger partial charge in [-0.1, -0.05) is 22.0 Å². The van der Waals surface area contributed by atoms with Crippen LogP contribution in [0.25, 0.3) is 0 Å². The molecule has 1 unspecified atom stereocenters. The molecule has 0 fully saturated rings. The third-order valence-electron chi connectivity index (χ3n) is 2.35. The molecule has 1 atom stereocenters. The smallest absolute Gasteiger partial charge is 0.0383 e. The third kappa shape index (κ3) is 2.72. The summed E-state index contributed by atoms with van der Waals surface area (Å²) in [5.41, 5.74) is 6.89. The first kappa shape index (κ1) is 11.5. The van der Waals surface area contributed by atoms with Crippen molar-refractivity contribution in [2.45, 2.75) is 19.9 Å². The van der Waals surface area contributed by atoms with Crippen molar-refractivity contribution in [3.63, 3.8) is 0 Å². The third-order valence-corrected chi connectivity index (χ3v) is 2.85. The van der Waals surface area contributed by atoms with Crippen molar-refractivity contribution in [3.05, 3.63) is 28.7 Å². The van der Waals surface area contributed by atoms with E-state index in [1.54, 1.807) is 0 Å². The van der Waals surface area contributed by atoms with Crippen LogP contribution in [0.5, 0.6) is 0 Å². The highest BCUT2D eigenvalue weighted by atomic mass is 79.9. The van der Waals surface area contributed by atoms with E-state index < -0.39 is 0 Å². The maximum atomic E-state index is 5.67. The quantitative estimate of drug-likeness (QED) is 0.898. The van der Waals surface area contributed by atoms with E-state index in [0.29, 0.717) is 12.6 Å². The molecule has 78 valence electrons. The number of nitrogens with two attached hydrogens (primary N) is 1. The lowest BCUT2D eigenvalue weighted by atomic mass is 10.2. The molecule has 0 radical (unpaired) electrons. The SMILES string of the molecule is CCN(c1cccc(Br)c1)C(C)CN. The predicted octanol–water partition coefficient (Wildman–Crippen LogP) is 2.62. The second-order valence-corrected chi connectivity index (χ2v) is 4.27. The molecule has 14 heavy (non-hydrogen) atoms. The average molecular weight is 257 g/mol. The van der Waals surface area contributed by atoms with Gasteiger partial charge in [0.15, 0.2) is 0 Å². The molecule has 0 saturated heterocycles. The molecule has 1 rings (SSSR count). The lowest BCUT2D eigenvalue weighted by molar-refractivity contribution is 0.657. The summed E-state index contributed by atoms with van der Waals surface area (Å²) in [4.78, 5) is 2.30. The van der Waals surface area contributed by atoms with Crippen LogP contribution in [0.1, 0.15) is 13.8 Å². The van der Waals surface area contributed by atoms with E-state index in [0.717, 1.165) is 11.0 Å². The Balaban J connectivity index is 2.89. The summed E-state index contributed by atoms with van der Waals surface area (Å²) >= 11 is 3.47. The minimum Gasteiger partial charge on any atom is -0.368 e. The zero-order chi connectivity index (χ0) is 10.6. The van der Waals surface area contributed by atoms with Crippen molar-refractivity contribution in [1.29, 1.82) is 0 Å². The molecule has 2 N–H and O–H groups in total. The first-order valence-corrected chi connectivity index (χ1v) is 5.70. The van der Waals surface area contributed by atoms with Crippen LogP contribution in [0.15, 0.2) is 28.7 Å². The van der Waals surface area contributed by atoms with E-state index in [2.05, 4.69) is 46.8 Å². The Labute approximate surface area is 94.2 Å². The Morgan fingerprint density at radius 1 is 1.50 bits per heavy atom. The zero-order valence-electron chi connectivity index (χ0n) is 8.70. The van der Waals surface area contributed by atoms with Crippen molar-refractivity contribution >= 4 is 21.6 Å². The van der Waals surface area contributed by atoms with Gasteiger partial charge in [0.2, 0.25) is 0 Å². The highest BCUT2D eigenvalue weighted by Crippen LogP contribution is 2.21. The largest absolute Gasteiger partial charge is 0.368 e. The number of rotatable bonds is 4. The summed E-state index contributed by atoms with van der Waals surface area (Å²) in [6, 6.07) is 8.69. The fraction of sp³-hybridized carbons (Fsp3) is 0.455. The van der Waals surface area contributed by atoms with E-state index in [1.807, 2.05) is 12.1 Å². The van der Waals surface area contributed by atoms with Crippen molar-refractivity contribution in [1.82, 2.24) is 0 Å². The van der Waals surface area contributed by atoms with Crippen LogP contribution in [0, 0.1) is 0 Å². The van der Waals surface area contributed by atoms with Gasteiger partial charge in [0.05, 0.1) is 0 Å². The highest BCUT2D eigenvalue weighted by molar-refractivity contribution is 9.10. The fourth-order valence-corrected chi connectivity index (χ4v) is 1.92. The molecule has 1 aromatic carbocycles. The zero-order valence-corrected chi connectivity index (χ0v) is 10.3. The maximum Gasteiger partial charge on any atom is 0.0383 e. The number of nitrogens with zero attached hydrogens (tertiary/aromatic N) is 1. The second kappa shape index (κ2) is 5.37. The molecule has 1 aromatic rings. The number of anilines is 1. The van der Waals surface area contributed by atoms with Gasteiger partial charge in [-0.3, -0.25) is 0 Å². The monoisotopic (exact) mass is 256 g/mol. The number of likely N-dealkylation sites (N-methyl/N-ethyl adjacent to an activating group) is 1. The lowest BCUT2D eigenvalue weighted by Gasteiger charge is -2.29. The van der Waals surface area contributed by atoms with Crippen molar-refractivity contribution < 1.29 is 0 Å². The molecule has 0 amide bonds. The molecule has 0 spiro atoms. The first-order chi connectivity index (χ1) is 6.69. The number of hydrogen-bond acceptors (Lipinski definition) is 2. The van der Waals surface area contributed by atoms with Crippen LogP contribution in [-0.2, 0) is 0 Å². The van der Waals surface area contributed by atoms with Crippen molar-refractivity contribution in [2.75, 3.05) is 18.0 Å². The van der Waals surface area contributed by atoms with Gasteiger partial charge in [-0.15, -0.1) is 0 Å². The molecule has 0 heterocycles. The summed E-state index contributed by atoms with van der Waals surface area (Å²) in [6.07, 6.45) is 0. The molecule has 0 aliphatic heterocycles. The molecule has 0 saturated carbocycles. The van der Waals surface area contributed by atoms with Crippen LogP contribution in [0.3, 0.4) is 0 Å². The molecule has 0 aliphatic carbocycles. The van der Waals surface area contributed by atoms with Crippen LogP contribution in [0.4, 0.5) is 5.69 Å². The van der Waals surface area contributed by atoms with E-state index >= 15 is 0 Å². The summed E-state index contributed by atoms with van der Waals surface area (Å²) in [5, 5.41) is 0. The minimum absolute atomic E-state index is 0.384. The number of halogens is 1. The Morgan fingerprint density at radius 2 is 2.21 bits per heavy atom. The van der Waals surface area contributed by atoms with Gasteiger partial charge < -0.3 is 10.6 Å². The second-order valence-electron chi connectivity index (χ2n) is 3.35. The maximum absolute atomic E-state index is 5.67. The molecular weight excluding hydrogens is 240 g/mol. The molecule has 0 aromatic heterocycles. The normalized spacial score (nSPS) is 12.6. The number of hydrogen-bond donors (Lipinski definition) is 1. The molecular formula is C11H17BrN2. The van der Waals surface area contributed by atoms with E-state index in [4.69, 9.17) is 5.73 Å². The van der Waals surface area contributed by atoms with Gasteiger partial charge in [-0.25, -0.2) is 0 Å². The summed E-state index contributed by atoms with van der Waals surface area (Å²) in [7, 11) is 0. The number of benzene rings is 1. The predicted molar refractivity (Wildman–Crippen MR) is 65.7 cm³/mol. The topological polar surface area (TPSA) is 29.3 Å². The van der Waals surface area contributed by atoms with Gasteiger partial charge in [0.25, 0.3) is 0 Å². The van der Waals surface area contributed by atoms with Crippen LogP contribution in [-0.4, -0.2) is 19.1 Å². The van der Waals surface area contributed by atoms with Crippen LogP contribution >= 0.6 is 15.9 Å². The molecule has 0 bridgehead atoms. The van der Waals surface area contributed by atoms with Gasteiger partial charge in [-0.05, 0) is 32.0 Å². The van der Waals surface area contributed by atoms with Crippen molar-refractivity contribution in [2.24, 2.45) is 5.73 Å². The summed E-state index contributed by atoms with van der Waals surface area (Å²) in [5.74, 6) is 0. The molecule has 3 heteroatoms.